The van der Waals surface area contributed by atoms with Gasteiger partial charge in [-0.15, -0.1) is 12.4 Å². The maximum Gasteiger partial charge on any atom is 0.254 e. The highest BCUT2D eigenvalue weighted by Gasteiger charge is 2.18. The molecule has 5 heteroatoms. The van der Waals surface area contributed by atoms with Gasteiger partial charge in [0, 0.05) is 31.7 Å². The molecular formula is C18H27ClN2O2. The quantitative estimate of drug-likeness (QED) is 0.917. The Bertz CT molecular complexity index is 498. The summed E-state index contributed by atoms with van der Waals surface area (Å²) in [5.74, 6) is 1.62. The van der Waals surface area contributed by atoms with Crippen molar-refractivity contribution >= 4 is 18.3 Å². The second kappa shape index (κ2) is 9.14. The number of rotatable bonds is 4. The van der Waals surface area contributed by atoms with Gasteiger partial charge >= 0.3 is 0 Å². The second-order valence-electron chi connectivity index (χ2n) is 6.39. The monoisotopic (exact) mass is 338 g/mol. The van der Waals surface area contributed by atoms with E-state index in [2.05, 4.69) is 5.32 Å². The number of hydrogen-bond acceptors (Lipinski definition) is 3. The van der Waals surface area contributed by atoms with Gasteiger partial charge in [0.15, 0.2) is 0 Å². The molecule has 0 unspecified atom stereocenters. The summed E-state index contributed by atoms with van der Waals surface area (Å²) >= 11 is 0. The lowest BCUT2D eigenvalue weighted by atomic mass is 9.90. The molecule has 1 aliphatic heterocycles. The molecule has 2 fully saturated rings. The molecule has 1 aliphatic carbocycles. The maximum absolute atomic E-state index is 12.5. The molecule has 1 saturated carbocycles. The summed E-state index contributed by atoms with van der Waals surface area (Å²) in [5, 5.41) is 3.27. The molecule has 1 N–H and O–H groups in total. The van der Waals surface area contributed by atoms with Gasteiger partial charge in [0.25, 0.3) is 5.91 Å². The van der Waals surface area contributed by atoms with Gasteiger partial charge < -0.3 is 15.0 Å². The third-order valence-electron chi connectivity index (χ3n) is 4.70. The van der Waals surface area contributed by atoms with Crippen LogP contribution < -0.4 is 10.1 Å². The van der Waals surface area contributed by atoms with Crippen LogP contribution in [0.3, 0.4) is 0 Å². The van der Waals surface area contributed by atoms with Crippen molar-refractivity contribution in [1.29, 1.82) is 0 Å². The van der Waals surface area contributed by atoms with Crippen LogP contribution in [-0.4, -0.2) is 43.6 Å². The van der Waals surface area contributed by atoms with E-state index < -0.39 is 0 Å². The molecule has 23 heavy (non-hydrogen) atoms. The number of ether oxygens (including phenoxy) is 1. The first-order valence-corrected chi connectivity index (χ1v) is 8.56. The summed E-state index contributed by atoms with van der Waals surface area (Å²) in [6, 6.07) is 7.66. The molecule has 2 aliphatic rings. The van der Waals surface area contributed by atoms with Crippen molar-refractivity contribution in [2.75, 3.05) is 32.8 Å². The predicted molar refractivity (Wildman–Crippen MR) is 94.5 cm³/mol. The molecule has 0 spiro atoms. The van der Waals surface area contributed by atoms with E-state index >= 15 is 0 Å². The lowest BCUT2D eigenvalue weighted by Crippen LogP contribution is -2.46. The number of nitrogens with zero attached hydrogens (tertiary/aromatic N) is 1. The van der Waals surface area contributed by atoms with Gasteiger partial charge in [-0.05, 0) is 37.0 Å². The average Bonchev–Trinajstić information content (AvgIpc) is 2.61. The Morgan fingerprint density at radius 2 is 1.91 bits per heavy atom. The van der Waals surface area contributed by atoms with E-state index in [1.807, 2.05) is 29.2 Å². The Balaban J connectivity index is 0.00000192. The number of nitrogens with one attached hydrogen (secondary N) is 1. The van der Waals surface area contributed by atoms with Crippen molar-refractivity contribution < 1.29 is 9.53 Å². The average molecular weight is 339 g/mol. The van der Waals surface area contributed by atoms with Crippen molar-refractivity contribution in [1.82, 2.24) is 10.2 Å². The first kappa shape index (κ1) is 18.1. The summed E-state index contributed by atoms with van der Waals surface area (Å²) in [6.07, 6.45) is 6.58. The highest BCUT2D eigenvalue weighted by molar-refractivity contribution is 5.94. The predicted octanol–water partition coefficient (Wildman–Crippen LogP) is 3.11. The van der Waals surface area contributed by atoms with Gasteiger partial charge in [0.2, 0.25) is 0 Å². The molecule has 128 valence electrons. The molecule has 1 heterocycles. The maximum atomic E-state index is 12.5. The summed E-state index contributed by atoms with van der Waals surface area (Å²) in [6.45, 7) is 4.11. The summed E-state index contributed by atoms with van der Waals surface area (Å²) in [5.41, 5.74) is 0.739. The zero-order valence-corrected chi connectivity index (χ0v) is 14.4. The number of piperazine rings is 1. The fraction of sp³-hybridized carbons (Fsp3) is 0.611. The Hall–Kier alpha value is -1.26. The Kier molecular flexibility index (Phi) is 7.18. The van der Waals surface area contributed by atoms with Crippen LogP contribution in [0.2, 0.25) is 0 Å². The number of amides is 1. The molecule has 4 nitrogen and oxygen atoms in total. The summed E-state index contributed by atoms with van der Waals surface area (Å²) < 4.78 is 5.94. The first-order valence-electron chi connectivity index (χ1n) is 8.56. The minimum Gasteiger partial charge on any atom is -0.493 e. The van der Waals surface area contributed by atoms with E-state index in [1.165, 1.54) is 32.1 Å². The van der Waals surface area contributed by atoms with Gasteiger partial charge in [-0.2, -0.15) is 0 Å². The van der Waals surface area contributed by atoms with Gasteiger partial charge in [0.1, 0.15) is 5.75 Å². The molecule has 0 aromatic heterocycles. The minimum absolute atomic E-state index is 0. The molecule has 1 saturated heterocycles. The highest BCUT2D eigenvalue weighted by atomic mass is 35.5. The van der Waals surface area contributed by atoms with Crippen LogP contribution in [-0.2, 0) is 0 Å². The molecule has 1 aromatic carbocycles. The number of hydrogen-bond donors (Lipinski definition) is 1. The standard InChI is InChI=1S/C18H26N2O2.ClH/c21-18(20-11-9-19-10-12-20)16-7-4-8-17(13-16)22-14-15-5-2-1-3-6-15;/h4,7-8,13,15,19H,1-3,5-6,9-12,14H2;1H. The third kappa shape index (κ3) is 5.11. The van der Waals surface area contributed by atoms with Crippen LogP contribution in [0.4, 0.5) is 0 Å². The smallest absolute Gasteiger partial charge is 0.254 e. The van der Waals surface area contributed by atoms with Crippen LogP contribution in [0.25, 0.3) is 0 Å². The van der Waals surface area contributed by atoms with Crippen LogP contribution in [0.5, 0.6) is 5.75 Å². The second-order valence-corrected chi connectivity index (χ2v) is 6.39. The lowest BCUT2D eigenvalue weighted by Gasteiger charge is -2.27. The van der Waals surface area contributed by atoms with Crippen molar-refractivity contribution in [3.05, 3.63) is 29.8 Å². The van der Waals surface area contributed by atoms with Crippen molar-refractivity contribution in [3.8, 4) is 5.75 Å². The van der Waals surface area contributed by atoms with E-state index in [0.29, 0.717) is 5.92 Å². The molecule has 0 atom stereocenters. The molecule has 0 radical (unpaired) electrons. The zero-order valence-electron chi connectivity index (χ0n) is 13.6. The Labute approximate surface area is 145 Å². The molecule has 3 rings (SSSR count). The van der Waals surface area contributed by atoms with E-state index in [9.17, 15) is 4.79 Å². The normalized spacial score (nSPS) is 19.0. The summed E-state index contributed by atoms with van der Waals surface area (Å²) in [7, 11) is 0. The molecule has 1 amide bonds. The van der Waals surface area contributed by atoms with E-state index in [-0.39, 0.29) is 18.3 Å². The first-order chi connectivity index (χ1) is 10.8. The fourth-order valence-corrected chi connectivity index (χ4v) is 3.34. The third-order valence-corrected chi connectivity index (χ3v) is 4.70. The summed E-state index contributed by atoms with van der Waals surface area (Å²) in [4.78, 5) is 14.4. The highest BCUT2D eigenvalue weighted by Crippen LogP contribution is 2.25. The number of carbonyl (C=O) groups excluding carboxylic acids is 1. The van der Waals surface area contributed by atoms with E-state index in [0.717, 1.165) is 44.1 Å². The van der Waals surface area contributed by atoms with Crippen molar-refractivity contribution in [3.63, 3.8) is 0 Å². The van der Waals surface area contributed by atoms with Gasteiger partial charge in [-0.25, -0.2) is 0 Å². The largest absolute Gasteiger partial charge is 0.493 e. The number of carbonyl (C=O) groups is 1. The van der Waals surface area contributed by atoms with Crippen LogP contribution in [0.1, 0.15) is 42.5 Å². The Morgan fingerprint density at radius 3 is 2.65 bits per heavy atom. The van der Waals surface area contributed by atoms with Crippen LogP contribution in [0, 0.1) is 5.92 Å². The van der Waals surface area contributed by atoms with E-state index in [4.69, 9.17) is 4.74 Å². The fourth-order valence-electron chi connectivity index (χ4n) is 3.34. The van der Waals surface area contributed by atoms with Crippen molar-refractivity contribution in [2.45, 2.75) is 32.1 Å². The number of benzene rings is 1. The van der Waals surface area contributed by atoms with Gasteiger partial charge in [-0.1, -0.05) is 25.3 Å². The number of halogens is 1. The van der Waals surface area contributed by atoms with Crippen LogP contribution >= 0.6 is 12.4 Å². The van der Waals surface area contributed by atoms with Gasteiger partial charge in [-0.3, -0.25) is 4.79 Å². The zero-order chi connectivity index (χ0) is 15.2. The van der Waals surface area contributed by atoms with E-state index in [1.54, 1.807) is 0 Å². The Morgan fingerprint density at radius 1 is 1.17 bits per heavy atom. The minimum atomic E-state index is 0. The van der Waals surface area contributed by atoms with Gasteiger partial charge in [0.05, 0.1) is 6.61 Å². The molecule has 1 aromatic rings. The molecular weight excluding hydrogens is 312 g/mol. The molecule has 0 bridgehead atoms. The topological polar surface area (TPSA) is 41.6 Å². The van der Waals surface area contributed by atoms with Crippen molar-refractivity contribution in [2.24, 2.45) is 5.92 Å². The lowest BCUT2D eigenvalue weighted by molar-refractivity contribution is 0.0735. The SMILES string of the molecule is Cl.O=C(c1cccc(OCC2CCCCC2)c1)N1CCNCC1. The van der Waals surface area contributed by atoms with Crippen LogP contribution in [0.15, 0.2) is 24.3 Å².